The summed E-state index contributed by atoms with van der Waals surface area (Å²) >= 11 is 0. The molecule has 0 bridgehead atoms. The largest absolute Gasteiger partial charge is 0.462 e. The zero-order chi connectivity index (χ0) is 29.1. The minimum absolute atomic E-state index is 0.213. The Morgan fingerprint density at radius 1 is 0.600 bits per heavy atom. The van der Waals surface area contributed by atoms with E-state index in [0.717, 1.165) is 32.1 Å². The highest BCUT2D eigenvalue weighted by Gasteiger charge is 2.24. The molecule has 0 aliphatic heterocycles. The van der Waals surface area contributed by atoms with Crippen molar-refractivity contribution in [2.24, 2.45) is 17.8 Å². The molecular weight excluding hydrogens is 512 g/mol. The maximum atomic E-state index is 12.5. The molecule has 1 aliphatic rings. The first-order valence-electron chi connectivity index (χ1n) is 14.0. The predicted octanol–water partition coefficient (Wildman–Crippen LogP) is 6.27. The van der Waals surface area contributed by atoms with Gasteiger partial charge in [0.15, 0.2) is 0 Å². The number of hydrogen-bond donors (Lipinski definition) is 0. The number of rotatable bonds is 12. The predicted molar refractivity (Wildman–Crippen MR) is 149 cm³/mol. The molecule has 0 heterocycles. The van der Waals surface area contributed by atoms with Crippen LogP contribution in [0.15, 0.2) is 48.5 Å². The summed E-state index contributed by atoms with van der Waals surface area (Å²) in [4.78, 5) is 49.0. The van der Waals surface area contributed by atoms with Crippen molar-refractivity contribution in [1.82, 2.24) is 0 Å². The van der Waals surface area contributed by atoms with Crippen molar-refractivity contribution in [2.45, 2.75) is 65.9 Å². The number of esters is 4. The van der Waals surface area contributed by atoms with E-state index in [1.807, 2.05) is 0 Å². The first-order valence-corrected chi connectivity index (χ1v) is 14.0. The Hall–Kier alpha value is -3.68. The van der Waals surface area contributed by atoms with Crippen LogP contribution in [0.1, 0.15) is 101 Å². The van der Waals surface area contributed by atoms with E-state index >= 15 is 0 Å². The molecule has 0 spiro atoms. The quantitative estimate of drug-likeness (QED) is 0.224. The molecule has 0 atom stereocenters. The Morgan fingerprint density at radius 2 is 0.950 bits per heavy atom. The molecule has 1 fully saturated rings. The van der Waals surface area contributed by atoms with Gasteiger partial charge in [-0.2, -0.15) is 0 Å². The molecule has 40 heavy (non-hydrogen) atoms. The summed E-state index contributed by atoms with van der Waals surface area (Å²) in [5.41, 5.74) is 1.57. The first kappa shape index (κ1) is 30.9. The maximum absolute atomic E-state index is 12.5. The van der Waals surface area contributed by atoms with Gasteiger partial charge in [-0.15, -0.1) is 0 Å². The van der Waals surface area contributed by atoms with Gasteiger partial charge < -0.3 is 18.9 Å². The molecule has 0 radical (unpaired) electrons. The van der Waals surface area contributed by atoms with Crippen molar-refractivity contribution in [3.05, 3.63) is 70.8 Å². The number of benzene rings is 2. The van der Waals surface area contributed by atoms with Gasteiger partial charge in [-0.3, -0.25) is 0 Å². The summed E-state index contributed by atoms with van der Waals surface area (Å²) in [6.45, 7) is 8.72. The third-order valence-corrected chi connectivity index (χ3v) is 6.85. The van der Waals surface area contributed by atoms with Gasteiger partial charge in [0, 0.05) is 0 Å². The van der Waals surface area contributed by atoms with E-state index in [4.69, 9.17) is 18.9 Å². The fourth-order valence-electron chi connectivity index (χ4n) is 4.36. The highest BCUT2D eigenvalue weighted by molar-refractivity contribution is 5.94. The first-order chi connectivity index (χ1) is 19.1. The van der Waals surface area contributed by atoms with E-state index in [1.54, 1.807) is 62.4 Å². The maximum Gasteiger partial charge on any atom is 0.338 e. The summed E-state index contributed by atoms with van der Waals surface area (Å²) in [6.07, 6.45) is 4.10. The topological polar surface area (TPSA) is 105 Å². The minimum Gasteiger partial charge on any atom is -0.462 e. The molecule has 8 nitrogen and oxygen atoms in total. The Balaban J connectivity index is 1.35. The van der Waals surface area contributed by atoms with Crippen molar-refractivity contribution >= 4 is 23.9 Å². The fraction of sp³-hybridized carbons (Fsp3) is 0.500. The van der Waals surface area contributed by atoms with Gasteiger partial charge in [-0.05, 0) is 112 Å². The van der Waals surface area contributed by atoms with Crippen molar-refractivity contribution in [3.8, 4) is 0 Å². The zero-order valence-electron chi connectivity index (χ0n) is 23.9. The lowest BCUT2D eigenvalue weighted by Crippen LogP contribution is -2.24. The molecule has 2 aromatic carbocycles. The number of hydrogen-bond acceptors (Lipinski definition) is 8. The monoisotopic (exact) mass is 552 g/mol. The van der Waals surface area contributed by atoms with Crippen LogP contribution >= 0.6 is 0 Å². The van der Waals surface area contributed by atoms with Crippen LogP contribution in [-0.2, 0) is 18.9 Å². The van der Waals surface area contributed by atoms with E-state index < -0.39 is 23.9 Å². The van der Waals surface area contributed by atoms with E-state index in [1.165, 1.54) is 0 Å². The van der Waals surface area contributed by atoms with Crippen LogP contribution in [0.5, 0.6) is 0 Å². The van der Waals surface area contributed by atoms with E-state index in [-0.39, 0.29) is 17.9 Å². The SMILES string of the molecule is CC(C)CCOC(=O)c1ccc(C(=O)OCC2CCC(COC(=O)c3ccc(C(=O)OC(C)C)cc3)CC2)cc1. The molecule has 0 aromatic heterocycles. The minimum atomic E-state index is -0.426. The second-order valence-electron chi connectivity index (χ2n) is 11.0. The van der Waals surface area contributed by atoms with E-state index in [2.05, 4.69) is 13.8 Å². The molecule has 8 heteroatoms. The molecule has 0 amide bonds. The second-order valence-corrected chi connectivity index (χ2v) is 11.0. The van der Waals surface area contributed by atoms with Crippen molar-refractivity contribution in [1.29, 1.82) is 0 Å². The van der Waals surface area contributed by atoms with Gasteiger partial charge in [0.2, 0.25) is 0 Å². The highest BCUT2D eigenvalue weighted by Crippen LogP contribution is 2.29. The van der Waals surface area contributed by atoms with E-state index in [0.29, 0.717) is 48.0 Å². The molecule has 0 saturated heterocycles. The number of carbonyl (C=O) groups is 4. The summed E-state index contributed by atoms with van der Waals surface area (Å²) in [7, 11) is 0. The normalized spacial score (nSPS) is 16.9. The standard InChI is InChI=1S/C32H40O8/c1-21(2)17-18-37-29(33)25-9-11-26(12-10-25)30(34)38-19-23-5-7-24(8-6-23)20-39-31(35)27-13-15-28(16-14-27)32(36)40-22(3)4/h9-16,21-24H,5-8,17-20H2,1-4H3. The van der Waals surface area contributed by atoms with Crippen LogP contribution in [-0.4, -0.2) is 49.8 Å². The summed E-state index contributed by atoms with van der Waals surface area (Å²) in [6, 6.07) is 12.6. The average molecular weight is 553 g/mol. The van der Waals surface area contributed by atoms with Crippen molar-refractivity contribution in [3.63, 3.8) is 0 Å². The van der Waals surface area contributed by atoms with E-state index in [9.17, 15) is 19.2 Å². The Labute approximate surface area is 236 Å². The summed E-state index contributed by atoms with van der Waals surface area (Å²) in [5.74, 6) is -0.701. The van der Waals surface area contributed by atoms with Crippen LogP contribution in [0.3, 0.4) is 0 Å². The van der Waals surface area contributed by atoms with Gasteiger partial charge >= 0.3 is 23.9 Å². The van der Waals surface area contributed by atoms with Crippen molar-refractivity contribution < 1.29 is 38.1 Å². The average Bonchev–Trinajstić information content (AvgIpc) is 2.94. The lowest BCUT2D eigenvalue weighted by atomic mass is 9.83. The molecule has 3 rings (SSSR count). The van der Waals surface area contributed by atoms with Crippen LogP contribution in [0.2, 0.25) is 0 Å². The number of ether oxygens (including phenoxy) is 4. The Kier molecular flexibility index (Phi) is 11.7. The molecule has 0 unspecified atom stereocenters. The third-order valence-electron chi connectivity index (χ3n) is 6.85. The summed E-state index contributed by atoms with van der Waals surface area (Å²) < 4.78 is 21.4. The Bertz CT molecular complexity index is 1130. The van der Waals surface area contributed by atoms with Crippen LogP contribution in [0.25, 0.3) is 0 Å². The molecule has 0 N–H and O–H groups in total. The van der Waals surface area contributed by atoms with Gasteiger partial charge in [0.05, 0.1) is 48.2 Å². The zero-order valence-corrected chi connectivity index (χ0v) is 23.9. The lowest BCUT2D eigenvalue weighted by Gasteiger charge is -2.27. The molecule has 1 aliphatic carbocycles. The van der Waals surface area contributed by atoms with Gasteiger partial charge in [-0.1, -0.05) is 13.8 Å². The third kappa shape index (κ3) is 9.81. The van der Waals surface area contributed by atoms with Gasteiger partial charge in [0.25, 0.3) is 0 Å². The molecular formula is C32H40O8. The van der Waals surface area contributed by atoms with Crippen LogP contribution in [0, 0.1) is 17.8 Å². The van der Waals surface area contributed by atoms with Crippen molar-refractivity contribution in [2.75, 3.05) is 19.8 Å². The van der Waals surface area contributed by atoms with Crippen LogP contribution < -0.4 is 0 Å². The highest BCUT2D eigenvalue weighted by atomic mass is 16.5. The Morgan fingerprint density at radius 3 is 1.30 bits per heavy atom. The fourth-order valence-corrected chi connectivity index (χ4v) is 4.36. The molecule has 216 valence electrons. The second kappa shape index (κ2) is 15.2. The smallest absolute Gasteiger partial charge is 0.338 e. The summed E-state index contributed by atoms with van der Waals surface area (Å²) in [5, 5.41) is 0. The lowest BCUT2D eigenvalue weighted by molar-refractivity contribution is 0.0297. The van der Waals surface area contributed by atoms with Gasteiger partial charge in [-0.25, -0.2) is 19.2 Å². The molecule has 2 aromatic rings. The van der Waals surface area contributed by atoms with Crippen LogP contribution in [0.4, 0.5) is 0 Å². The molecule has 1 saturated carbocycles. The number of carbonyl (C=O) groups excluding carboxylic acids is 4. The van der Waals surface area contributed by atoms with Gasteiger partial charge in [0.1, 0.15) is 0 Å².